The fourth-order valence-corrected chi connectivity index (χ4v) is 2.79. The van der Waals surface area contributed by atoms with Gasteiger partial charge >= 0.3 is 0 Å². The van der Waals surface area contributed by atoms with E-state index in [2.05, 4.69) is 0 Å². The van der Waals surface area contributed by atoms with Crippen LogP contribution in [0.3, 0.4) is 0 Å². The quantitative estimate of drug-likeness (QED) is 0.811. The number of thiophene rings is 1. The molecule has 0 saturated heterocycles. The molecule has 0 radical (unpaired) electrons. The average Bonchev–Trinajstić information content (AvgIpc) is 2.61. The van der Waals surface area contributed by atoms with Crippen molar-refractivity contribution >= 4 is 17.0 Å². The van der Waals surface area contributed by atoms with Crippen molar-refractivity contribution in [3.63, 3.8) is 0 Å². The largest absolute Gasteiger partial charge is 0.399 e. The molecular formula is C14H16FNS. The van der Waals surface area contributed by atoms with E-state index in [0.29, 0.717) is 6.42 Å². The standard InChI is InChI=1S/C14H16FNS/c1-9(2)14-13(15)11(8-17-14)6-10-4-3-5-12(16)7-10/h3-5,7-9H,6,16H2,1-2H3. The van der Waals surface area contributed by atoms with Gasteiger partial charge in [-0.05, 0) is 29.0 Å². The number of hydrogen-bond donors (Lipinski definition) is 1. The number of rotatable bonds is 3. The highest BCUT2D eigenvalue weighted by atomic mass is 32.1. The third-order valence-corrected chi connectivity index (χ3v) is 4.00. The van der Waals surface area contributed by atoms with Crippen LogP contribution in [0.2, 0.25) is 0 Å². The predicted octanol–water partition coefficient (Wildman–Crippen LogP) is 4.18. The van der Waals surface area contributed by atoms with Gasteiger partial charge in [-0.2, -0.15) is 0 Å². The van der Waals surface area contributed by atoms with Gasteiger partial charge in [-0.1, -0.05) is 26.0 Å². The summed E-state index contributed by atoms with van der Waals surface area (Å²) >= 11 is 1.50. The number of halogens is 1. The molecule has 1 nitrogen and oxygen atoms in total. The summed E-state index contributed by atoms with van der Waals surface area (Å²) in [5, 5.41) is 1.91. The van der Waals surface area contributed by atoms with E-state index in [9.17, 15) is 4.39 Å². The van der Waals surface area contributed by atoms with Crippen molar-refractivity contribution in [2.75, 3.05) is 5.73 Å². The highest BCUT2D eigenvalue weighted by Crippen LogP contribution is 2.29. The molecule has 3 heteroatoms. The molecule has 0 aliphatic rings. The molecule has 0 amide bonds. The Hall–Kier alpha value is -1.35. The molecule has 0 atom stereocenters. The maximum atomic E-state index is 14.0. The number of nitrogen functional groups attached to an aromatic ring is 1. The summed E-state index contributed by atoms with van der Waals surface area (Å²) in [6, 6.07) is 7.61. The van der Waals surface area contributed by atoms with Crippen molar-refractivity contribution in [2.24, 2.45) is 0 Å². The second-order valence-electron chi connectivity index (χ2n) is 4.52. The van der Waals surface area contributed by atoms with Crippen LogP contribution in [0.5, 0.6) is 0 Å². The molecule has 1 aromatic carbocycles. The lowest BCUT2D eigenvalue weighted by Crippen LogP contribution is -1.93. The molecule has 2 aromatic rings. The monoisotopic (exact) mass is 249 g/mol. The van der Waals surface area contributed by atoms with Gasteiger partial charge in [0.15, 0.2) is 0 Å². The van der Waals surface area contributed by atoms with Crippen LogP contribution in [-0.2, 0) is 6.42 Å². The third kappa shape index (κ3) is 2.67. The Labute approximate surface area is 105 Å². The van der Waals surface area contributed by atoms with Crippen molar-refractivity contribution in [3.8, 4) is 0 Å². The van der Waals surface area contributed by atoms with Crippen molar-refractivity contribution < 1.29 is 4.39 Å². The van der Waals surface area contributed by atoms with Gasteiger partial charge in [-0.25, -0.2) is 4.39 Å². The molecule has 0 bridgehead atoms. The molecule has 0 fully saturated rings. The first-order chi connectivity index (χ1) is 8.08. The van der Waals surface area contributed by atoms with E-state index in [-0.39, 0.29) is 11.7 Å². The van der Waals surface area contributed by atoms with Crippen molar-refractivity contribution in [2.45, 2.75) is 26.2 Å². The summed E-state index contributed by atoms with van der Waals surface area (Å²) in [5.74, 6) is 0.196. The first-order valence-corrected chi connectivity index (χ1v) is 6.56. The highest BCUT2D eigenvalue weighted by molar-refractivity contribution is 7.10. The van der Waals surface area contributed by atoms with Gasteiger partial charge in [0.2, 0.25) is 0 Å². The molecule has 1 aromatic heterocycles. The molecule has 1 heterocycles. The minimum atomic E-state index is -0.0487. The van der Waals surface area contributed by atoms with Crippen molar-refractivity contribution in [3.05, 3.63) is 51.5 Å². The first kappa shape index (κ1) is 12.1. The number of anilines is 1. The zero-order valence-corrected chi connectivity index (χ0v) is 10.9. The second kappa shape index (κ2) is 4.88. The van der Waals surface area contributed by atoms with Gasteiger partial charge in [0, 0.05) is 22.5 Å². The van der Waals surface area contributed by atoms with Gasteiger partial charge in [0.25, 0.3) is 0 Å². The smallest absolute Gasteiger partial charge is 0.140 e. The molecule has 2 N–H and O–H groups in total. The second-order valence-corrected chi connectivity index (χ2v) is 5.43. The van der Waals surface area contributed by atoms with E-state index in [1.165, 1.54) is 11.3 Å². The fourth-order valence-electron chi connectivity index (χ4n) is 1.83. The Morgan fingerprint density at radius 1 is 1.35 bits per heavy atom. The van der Waals surface area contributed by atoms with E-state index in [0.717, 1.165) is 21.7 Å². The molecule has 0 aliphatic heterocycles. The number of benzene rings is 1. The lowest BCUT2D eigenvalue weighted by molar-refractivity contribution is 0.597. The summed E-state index contributed by atoms with van der Waals surface area (Å²) < 4.78 is 14.0. The van der Waals surface area contributed by atoms with E-state index in [4.69, 9.17) is 5.73 Å². The minimum absolute atomic E-state index is 0.0487. The Balaban J connectivity index is 2.25. The van der Waals surface area contributed by atoms with Crippen molar-refractivity contribution in [1.29, 1.82) is 0 Å². The summed E-state index contributed by atoms with van der Waals surface area (Å²) in [4.78, 5) is 0.837. The van der Waals surface area contributed by atoms with E-state index < -0.39 is 0 Å². The Morgan fingerprint density at radius 3 is 2.71 bits per heavy atom. The third-order valence-electron chi connectivity index (χ3n) is 2.70. The molecule has 0 unspecified atom stereocenters. The van der Waals surface area contributed by atoms with Crippen LogP contribution in [0.1, 0.15) is 35.8 Å². The van der Waals surface area contributed by atoms with Crippen LogP contribution in [0, 0.1) is 5.82 Å². The van der Waals surface area contributed by atoms with Gasteiger partial charge in [-0.3, -0.25) is 0 Å². The lowest BCUT2D eigenvalue weighted by Gasteiger charge is -2.03. The molecule has 0 spiro atoms. The number of nitrogens with two attached hydrogens (primary N) is 1. The molecule has 0 saturated carbocycles. The van der Waals surface area contributed by atoms with Crippen LogP contribution in [0.25, 0.3) is 0 Å². The zero-order valence-electron chi connectivity index (χ0n) is 10.0. The van der Waals surface area contributed by atoms with E-state index >= 15 is 0 Å². The Morgan fingerprint density at radius 2 is 2.12 bits per heavy atom. The zero-order chi connectivity index (χ0) is 12.4. The predicted molar refractivity (Wildman–Crippen MR) is 72.0 cm³/mol. The van der Waals surface area contributed by atoms with Crippen LogP contribution in [-0.4, -0.2) is 0 Å². The van der Waals surface area contributed by atoms with Crippen LogP contribution >= 0.6 is 11.3 Å². The minimum Gasteiger partial charge on any atom is -0.399 e. The van der Waals surface area contributed by atoms with Gasteiger partial charge in [0.1, 0.15) is 5.82 Å². The molecule has 17 heavy (non-hydrogen) atoms. The normalized spacial score (nSPS) is 11.1. The van der Waals surface area contributed by atoms with Gasteiger partial charge in [-0.15, -0.1) is 11.3 Å². The topological polar surface area (TPSA) is 26.0 Å². The van der Waals surface area contributed by atoms with Crippen LogP contribution < -0.4 is 5.73 Å². The molecular weight excluding hydrogens is 233 g/mol. The number of hydrogen-bond acceptors (Lipinski definition) is 2. The first-order valence-electron chi connectivity index (χ1n) is 5.68. The lowest BCUT2D eigenvalue weighted by atomic mass is 10.0. The summed E-state index contributed by atoms with van der Waals surface area (Å²) in [6.07, 6.45) is 0.611. The summed E-state index contributed by atoms with van der Waals surface area (Å²) in [7, 11) is 0. The van der Waals surface area contributed by atoms with Crippen LogP contribution in [0.4, 0.5) is 10.1 Å². The fraction of sp³-hybridized carbons (Fsp3) is 0.286. The maximum absolute atomic E-state index is 14.0. The highest BCUT2D eigenvalue weighted by Gasteiger charge is 2.14. The SMILES string of the molecule is CC(C)c1scc(Cc2cccc(N)c2)c1F. The summed E-state index contributed by atoms with van der Waals surface area (Å²) in [5.41, 5.74) is 8.26. The van der Waals surface area contributed by atoms with Gasteiger partial charge < -0.3 is 5.73 Å². The van der Waals surface area contributed by atoms with E-state index in [1.807, 2.05) is 43.5 Å². The maximum Gasteiger partial charge on any atom is 0.140 e. The Kier molecular flexibility index (Phi) is 3.48. The van der Waals surface area contributed by atoms with Crippen molar-refractivity contribution in [1.82, 2.24) is 0 Å². The van der Waals surface area contributed by atoms with Crippen LogP contribution in [0.15, 0.2) is 29.6 Å². The molecule has 0 aliphatic carbocycles. The van der Waals surface area contributed by atoms with Gasteiger partial charge in [0.05, 0.1) is 0 Å². The molecule has 2 rings (SSSR count). The molecule has 90 valence electrons. The Bertz CT molecular complexity index is 517. The van der Waals surface area contributed by atoms with E-state index in [1.54, 1.807) is 0 Å². The average molecular weight is 249 g/mol. The summed E-state index contributed by atoms with van der Waals surface area (Å²) in [6.45, 7) is 4.03.